The maximum absolute atomic E-state index is 12.8. The van der Waals surface area contributed by atoms with Crippen LogP contribution in [0.4, 0.5) is 0 Å². The molecule has 1 N–H and O–H groups in total. The largest absolute Gasteiger partial charge is 0.369 e. The van der Waals surface area contributed by atoms with Crippen LogP contribution in [0.2, 0.25) is 0 Å². The van der Waals surface area contributed by atoms with Gasteiger partial charge in [0.2, 0.25) is 5.91 Å². The first-order valence-electron chi connectivity index (χ1n) is 7.34. The number of fused-ring (bicyclic) bond motifs is 4. The van der Waals surface area contributed by atoms with Crippen molar-refractivity contribution >= 4 is 21.8 Å². The third-order valence-electron chi connectivity index (χ3n) is 7.32. The average Bonchev–Trinajstić information content (AvgIpc) is 2.93. The fourth-order valence-electron chi connectivity index (χ4n) is 7.09. The third-order valence-corrected chi connectivity index (χ3v) is 8.25. The molecule has 0 radical (unpaired) electrons. The second kappa shape index (κ2) is 2.82. The fourth-order valence-corrected chi connectivity index (χ4v) is 8.27. The Bertz CT molecular complexity index is 548. The van der Waals surface area contributed by atoms with Crippen LogP contribution < -0.4 is 0 Å². The number of likely N-dealkylation sites (tertiary alicyclic amines) is 1. The predicted octanol–water partition coefficient (Wildman–Crippen LogP) is 1.62. The minimum Gasteiger partial charge on any atom is -0.369 e. The van der Waals surface area contributed by atoms with Crippen molar-refractivity contribution in [2.75, 3.05) is 11.9 Å². The molecular weight excluding hydrogens is 306 g/mol. The van der Waals surface area contributed by atoms with Gasteiger partial charge in [0.1, 0.15) is 0 Å². The molecule has 102 valence electrons. The summed E-state index contributed by atoms with van der Waals surface area (Å²) in [5.74, 6) is 2.48. The van der Waals surface area contributed by atoms with Crippen LogP contribution in [0.15, 0.2) is 12.2 Å². The van der Waals surface area contributed by atoms with Crippen molar-refractivity contribution in [2.24, 2.45) is 40.9 Å². The molecule has 2 bridgehead atoms. The summed E-state index contributed by atoms with van der Waals surface area (Å²) in [5, 5.41) is 12.3. The van der Waals surface area contributed by atoms with Gasteiger partial charge in [-0.2, -0.15) is 0 Å². The summed E-state index contributed by atoms with van der Waals surface area (Å²) in [7, 11) is 0. The van der Waals surface area contributed by atoms with Gasteiger partial charge in [0.25, 0.3) is 0 Å². The van der Waals surface area contributed by atoms with Crippen LogP contribution >= 0.6 is 15.9 Å². The number of carbonyl (C=O) groups excluding carboxylic acids is 1. The van der Waals surface area contributed by atoms with Gasteiger partial charge in [0, 0.05) is 23.2 Å². The topological polar surface area (TPSA) is 40.5 Å². The van der Waals surface area contributed by atoms with E-state index in [0.29, 0.717) is 30.2 Å². The van der Waals surface area contributed by atoms with E-state index in [2.05, 4.69) is 22.5 Å². The van der Waals surface area contributed by atoms with E-state index in [4.69, 9.17) is 0 Å². The molecule has 8 unspecified atom stereocenters. The van der Waals surface area contributed by atoms with Gasteiger partial charge in [0.15, 0.2) is 5.72 Å². The minimum atomic E-state index is -0.957. The molecule has 5 aliphatic rings. The fraction of sp³-hybridized carbons (Fsp3) is 0.800. The molecule has 1 heterocycles. The van der Waals surface area contributed by atoms with E-state index < -0.39 is 5.72 Å². The Hall–Kier alpha value is -0.350. The Labute approximate surface area is 121 Å². The van der Waals surface area contributed by atoms with Crippen LogP contribution in [-0.4, -0.2) is 33.5 Å². The number of amides is 1. The molecule has 0 aromatic rings. The van der Waals surface area contributed by atoms with Crippen LogP contribution in [0.25, 0.3) is 0 Å². The highest BCUT2D eigenvalue weighted by Gasteiger charge is 2.91. The van der Waals surface area contributed by atoms with E-state index >= 15 is 0 Å². The van der Waals surface area contributed by atoms with E-state index in [9.17, 15) is 9.90 Å². The Morgan fingerprint density at radius 1 is 1.53 bits per heavy atom. The van der Waals surface area contributed by atoms with Crippen LogP contribution in [0, 0.1) is 40.9 Å². The number of hydrogen-bond acceptors (Lipinski definition) is 2. The smallest absolute Gasteiger partial charge is 0.229 e. The lowest BCUT2D eigenvalue weighted by Gasteiger charge is -2.51. The molecular formula is C15H18BrNO2. The molecule has 1 aliphatic heterocycles. The summed E-state index contributed by atoms with van der Waals surface area (Å²) < 4.78 is 0. The summed E-state index contributed by atoms with van der Waals surface area (Å²) in [4.78, 5) is 14.6. The second-order valence-electron chi connectivity index (χ2n) is 7.12. The van der Waals surface area contributed by atoms with E-state index in [1.54, 1.807) is 4.90 Å². The standard InChI is InChI=1S/C15H18BrNO2/c1-3-17-13(18)12-7-4-8-10-9(7)6(2)11(10)15(17,19)14(8,12)5-16/h7-12,19H,2-5H2,1H3. The molecule has 4 heteroatoms. The molecule has 0 spiro atoms. The average molecular weight is 324 g/mol. The van der Waals surface area contributed by atoms with Crippen molar-refractivity contribution in [3.8, 4) is 0 Å². The zero-order valence-electron chi connectivity index (χ0n) is 11.0. The number of aliphatic hydroxyl groups is 1. The van der Waals surface area contributed by atoms with Crippen molar-refractivity contribution in [1.29, 1.82) is 0 Å². The molecule has 0 aromatic heterocycles. The Morgan fingerprint density at radius 2 is 2.26 bits per heavy atom. The van der Waals surface area contributed by atoms with Crippen molar-refractivity contribution in [2.45, 2.75) is 19.1 Å². The Morgan fingerprint density at radius 3 is 2.89 bits per heavy atom. The van der Waals surface area contributed by atoms with Crippen molar-refractivity contribution in [1.82, 2.24) is 4.90 Å². The van der Waals surface area contributed by atoms with Crippen molar-refractivity contribution in [3.05, 3.63) is 12.2 Å². The van der Waals surface area contributed by atoms with E-state index in [1.165, 1.54) is 5.57 Å². The number of hydrogen-bond donors (Lipinski definition) is 1. The molecule has 3 nitrogen and oxygen atoms in total. The lowest BCUT2D eigenvalue weighted by molar-refractivity contribution is -0.174. The lowest BCUT2D eigenvalue weighted by Crippen LogP contribution is -2.60. The summed E-state index contributed by atoms with van der Waals surface area (Å²) >= 11 is 3.66. The van der Waals surface area contributed by atoms with Gasteiger partial charge in [-0.25, -0.2) is 0 Å². The van der Waals surface area contributed by atoms with Crippen molar-refractivity contribution < 1.29 is 9.90 Å². The van der Waals surface area contributed by atoms with Gasteiger partial charge < -0.3 is 10.0 Å². The normalized spacial score (nSPS) is 63.2. The monoisotopic (exact) mass is 323 g/mol. The van der Waals surface area contributed by atoms with Crippen molar-refractivity contribution in [3.63, 3.8) is 0 Å². The van der Waals surface area contributed by atoms with Gasteiger partial charge in [0.05, 0.1) is 5.92 Å². The highest BCUT2D eigenvalue weighted by molar-refractivity contribution is 9.09. The maximum Gasteiger partial charge on any atom is 0.229 e. The highest BCUT2D eigenvalue weighted by atomic mass is 79.9. The predicted molar refractivity (Wildman–Crippen MR) is 73.3 cm³/mol. The minimum absolute atomic E-state index is 0.0346. The van der Waals surface area contributed by atoms with Crippen LogP contribution in [0.5, 0.6) is 0 Å². The molecule has 5 fully saturated rings. The van der Waals surface area contributed by atoms with E-state index in [0.717, 1.165) is 11.8 Å². The SMILES string of the molecule is C=C1C2C3CC4C2C1C1(O)N(CC)C(=O)C3C41CBr. The number of rotatable bonds is 2. The molecule has 1 amide bonds. The lowest BCUT2D eigenvalue weighted by atomic mass is 9.57. The van der Waals surface area contributed by atoms with Crippen LogP contribution in [-0.2, 0) is 4.79 Å². The number of halogens is 1. The van der Waals surface area contributed by atoms with E-state index in [1.807, 2.05) is 6.92 Å². The molecule has 1 saturated heterocycles. The van der Waals surface area contributed by atoms with Gasteiger partial charge in [-0.3, -0.25) is 4.79 Å². The first-order chi connectivity index (χ1) is 9.05. The molecule has 4 aliphatic carbocycles. The maximum atomic E-state index is 12.8. The van der Waals surface area contributed by atoms with Crippen LogP contribution in [0.3, 0.4) is 0 Å². The van der Waals surface area contributed by atoms with Crippen LogP contribution in [0.1, 0.15) is 13.3 Å². The number of carbonyl (C=O) groups is 1. The number of alkyl halides is 1. The zero-order valence-corrected chi connectivity index (χ0v) is 12.6. The summed E-state index contributed by atoms with van der Waals surface area (Å²) in [6.45, 7) is 6.86. The van der Waals surface area contributed by atoms with Gasteiger partial charge >= 0.3 is 0 Å². The van der Waals surface area contributed by atoms with Gasteiger partial charge in [-0.15, -0.1) is 0 Å². The number of nitrogens with zero attached hydrogens (tertiary/aromatic N) is 1. The summed E-state index contributed by atoms with van der Waals surface area (Å²) in [6.07, 6.45) is 1.13. The highest BCUT2D eigenvalue weighted by Crippen LogP contribution is 2.86. The first-order valence-corrected chi connectivity index (χ1v) is 8.46. The Kier molecular flexibility index (Phi) is 1.68. The molecule has 4 saturated carbocycles. The summed E-state index contributed by atoms with van der Waals surface area (Å²) in [6, 6.07) is 0. The van der Waals surface area contributed by atoms with Gasteiger partial charge in [-0.05, 0) is 37.0 Å². The zero-order chi connectivity index (χ0) is 13.3. The Balaban J connectivity index is 1.84. The van der Waals surface area contributed by atoms with Gasteiger partial charge in [-0.1, -0.05) is 28.1 Å². The second-order valence-corrected chi connectivity index (χ2v) is 7.68. The first kappa shape index (κ1) is 11.3. The third kappa shape index (κ3) is 0.717. The quantitative estimate of drug-likeness (QED) is 0.619. The molecule has 5 rings (SSSR count). The molecule has 0 aromatic carbocycles. The summed E-state index contributed by atoms with van der Waals surface area (Å²) in [5.41, 5.74) is 0.0354. The van der Waals surface area contributed by atoms with E-state index in [-0.39, 0.29) is 23.2 Å². The molecule has 8 atom stereocenters. The molecule has 19 heavy (non-hydrogen) atoms.